The summed E-state index contributed by atoms with van der Waals surface area (Å²) in [6.07, 6.45) is 9.21. The van der Waals surface area contributed by atoms with Gasteiger partial charge < -0.3 is 10.1 Å². The summed E-state index contributed by atoms with van der Waals surface area (Å²) in [5, 5.41) is 3.34. The topological polar surface area (TPSA) is 38.3 Å². The second-order valence-corrected chi connectivity index (χ2v) is 4.46. The highest BCUT2D eigenvalue weighted by Gasteiger charge is 2.30. The molecule has 3 heteroatoms. The second-order valence-electron chi connectivity index (χ2n) is 4.46. The van der Waals surface area contributed by atoms with E-state index in [4.69, 9.17) is 4.74 Å². The second kappa shape index (κ2) is 5.19. The lowest BCUT2D eigenvalue weighted by Crippen LogP contribution is -2.39. The largest absolute Gasteiger partial charge is 0.465 e. The van der Waals surface area contributed by atoms with Gasteiger partial charge in [-0.3, -0.25) is 4.79 Å². The fourth-order valence-electron chi connectivity index (χ4n) is 2.27. The summed E-state index contributed by atoms with van der Waals surface area (Å²) >= 11 is 0. The Morgan fingerprint density at radius 2 is 2.50 bits per heavy atom. The maximum absolute atomic E-state index is 11.7. The highest BCUT2D eigenvalue weighted by Crippen LogP contribution is 2.30. The Morgan fingerprint density at radius 1 is 1.62 bits per heavy atom. The van der Waals surface area contributed by atoms with Crippen LogP contribution in [0.1, 0.15) is 26.2 Å². The van der Waals surface area contributed by atoms with E-state index >= 15 is 0 Å². The van der Waals surface area contributed by atoms with E-state index in [0.29, 0.717) is 12.5 Å². The van der Waals surface area contributed by atoms with Crippen LogP contribution in [0, 0.1) is 11.8 Å². The summed E-state index contributed by atoms with van der Waals surface area (Å²) in [5.74, 6) is 0.473. The van der Waals surface area contributed by atoms with Gasteiger partial charge in [-0.1, -0.05) is 19.1 Å². The van der Waals surface area contributed by atoms with Crippen LogP contribution >= 0.6 is 0 Å². The molecule has 2 rings (SSSR count). The lowest BCUT2D eigenvalue weighted by atomic mass is 9.83. The SMILES string of the molecule is CCCOC(=O)C1CNC2=CC=CCC2C1. The summed E-state index contributed by atoms with van der Waals surface area (Å²) < 4.78 is 5.19. The van der Waals surface area contributed by atoms with Gasteiger partial charge in [0.05, 0.1) is 12.5 Å². The number of carbonyl (C=O) groups excluding carboxylic acids is 1. The van der Waals surface area contributed by atoms with Crippen molar-refractivity contribution in [2.45, 2.75) is 26.2 Å². The molecular formula is C13H19NO2. The lowest BCUT2D eigenvalue weighted by molar-refractivity contribution is -0.149. The van der Waals surface area contributed by atoms with Crippen LogP contribution in [0.15, 0.2) is 23.9 Å². The van der Waals surface area contributed by atoms with Crippen molar-refractivity contribution in [1.82, 2.24) is 5.32 Å². The van der Waals surface area contributed by atoms with Crippen LogP contribution < -0.4 is 5.32 Å². The maximum atomic E-state index is 11.7. The van der Waals surface area contributed by atoms with Gasteiger partial charge in [-0.2, -0.15) is 0 Å². The van der Waals surface area contributed by atoms with E-state index < -0.39 is 0 Å². The van der Waals surface area contributed by atoms with E-state index in [2.05, 4.69) is 23.5 Å². The molecule has 3 nitrogen and oxygen atoms in total. The van der Waals surface area contributed by atoms with Gasteiger partial charge in [-0.15, -0.1) is 0 Å². The van der Waals surface area contributed by atoms with Gasteiger partial charge in [-0.05, 0) is 25.3 Å². The van der Waals surface area contributed by atoms with Crippen molar-refractivity contribution in [3.8, 4) is 0 Å². The average Bonchev–Trinajstić information content (AvgIpc) is 2.35. The first-order valence-electron chi connectivity index (χ1n) is 6.08. The fourth-order valence-corrected chi connectivity index (χ4v) is 2.27. The summed E-state index contributed by atoms with van der Waals surface area (Å²) in [6.45, 7) is 3.28. The third kappa shape index (κ3) is 2.46. The zero-order valence-electron chi connectivity index (χ0n) is 9.74. The van der Waals surface area contributed by atoms with Crippen molar-refractivity contribution in [1.29, 1.82) is 0 Å². The number of ether oxygens (including phenoxy) is 1. The Kier molecular flexibility index (Phi) is 3.65. The fraction of sp³-hybridized carbons (Fsp3) is 0.615. The summed E-state index contributed by atoms with van der Waals surface area (Å²) in [4.78, 5) is 11.7. The summed E-state index contributed by atoms with van der Waals surface area (Å²) in [5.41, 5.74) is 1.28. The van der Waals surface area contributed by atoms with Crippen molar-refractivity contribution in [2.24, 2.45) is 11.8 Å². The number of esters is 1. The molecule has 1 aliphatic carbocycles. The molecule has 0 radical (unpaired) electrons. The van der Waals surface area contributed by atoms with Crippen molar-refractivity contribution < 1.29 is 9.53 Å². The molecule has 1 aliphatic heterocycles. The number of carbonyl (C=O) groups is 1. The Hall–Kier alpha value is -1.25. The van der Waals surface area contributed by atoms with Crippen LogP contribution in [0.3, 0.4) is 0 Å². The summed E-state index contributed by atoms with van der Waals surface area (Å²) in [6, 6.07) is 0. The van der Waals surface area contributed by atoms with E-state index in [1.165, 1.54) is 5.70 Å². The number of fused-ring (bicyclic) bond motifs is 1. The minimum absolute atomic E-state index is 0.0280. The first-order valence-corrected chi connectivity index (χ1v) is 6.08. The van der Waals surface area contributed by atoms with Gasteiger partial charge in [-0.25, -0.2) is 0 Å². The Labute approximate surface area is 96.6 Å². The van der Waals surface area contributed by atoms with Gasteiger partial charge >= 0.3 is 5.97 Å². The van der Waals surface area contributed by atoms with Crippen molar-refractivity contribution in [3.63, 3.8) is 0 Å². The molecule has 1 N–H and O–H groups in total. The van der Waals surface area contributed by atoms with Gasteiger partial charge in [0.2, 0.25) is 0 Å². The number of allylic oxidation sites excluding steroid dienone is 4. The van der Waals surface area contributed by atoms with Crippen LogP contribution in [-0.2, 0) is 9.53 Å². The van der Waals surface area contributed by atoms with E-state index in [1.54, 1.807) is 0 Å². The molecule has 0 spiro atoms. The number of piperidine rings is 1. The van der Waals surface area contributed by atoms with Gasteiger partial charge in [0, 0.05) is 18.2 Å². The maximum Gasteiger partial charge on any atom is 0.310 e. The Bertz CT molecular complexity index is 320. The molecule has 1 heterocycles. The molecule has 16 heavy (non-hydrogen) atoms. The minimum atomic E-state index is -0.0389. The normalized spacial score (nSPS) is 27.7. The smallest absolute Gasteiger partial charge is 0.310 e. The Morgan fingerprint density at radius 3 is 3.31 bits per heavy atom. The van der Waals surface area contributed by atoms with Crippen molar-refractivity contribution in [2.75, 3.05) is 13.2 Å². The molecule has 0 aromatic heterocycles. The van der Waals surface area contributed by atoms with Crippen LogP contribution in [0.4, 0.5) is 0 Å². The van der Waals surface area contributed by atoms with Crippen LogP contribution in [-0.4, -0.2) is 19.1 Å². The standard InChI is InChI=1S/C13H19NO2/c1-2-7-16-13(15)11-8-10-5-3-4-6-12(10)14-9-11/h3-4,6,10-11,14H,2,5,7-9H2,1H3. The molecule has 88 valence electrons. The molecule has 0 amide bonds. The molecule has 0 saturated carbocycles. The molecular weight excluding hydrogens is 202 g/mol. The molecule has 2 unspecified atom stereocenters. The third-order valence-electron chi connectivity index (χ3n) is 3.18. The molecule has 2 atom stereocenters. The van der Waals surface area contributed by atoms with E-state index in [-0.39, 0.29) is 11.9 Å². The minimum Gasteiger partial charge on any atom is -0.465 e. The van der Waals surface area contributed by atoms with Gasteiger partial charge in [0.25, 0.3) is 0 Å². The Balaban J connectivity index is 1.89. The van der Waals surface area contributed by atoms with Crippen molar-refractivity contribution >= 4 is 5.97 Å². The molecule has 0 aromatic carbocycles. The number of nitrogens with one attached hydrogen (secondary N) is 1. The highest BCUT2D eigenvalue weighted by molar-refractivity contribution is 5.73. The quantitative estimate of drug-likeness (QED) is 0.741. The molecule has 1 fully saturated rings. The summed E-state index contributed by atoms with van der Waals surface area (Å²) in [7, 11) is 0. The zero-order valence-corrected chi connectivity index (χ0v) is 9.74. The van der Waals surface area contributed by atoms with Crippen molar-refractivity contribution in [3.05, 3.63) is 23.9 Å². The molecule has 1 saturated heterocycles. The van der Waals surface area contributed by atoms with E-state index in [0.717, 1.165) is 25.8 Å². The first-order chi connectivity index (χ1) is 7.81. The molecule has 2 aliphatic rings. The third-order valence-corrected chi connectivity index (χ3v) is 3.18. The predicted molar refractivity (Wildman–Crippen MR) is 62.7 cm³/mol. The zero-order chi connectivity index (χ0) is 11.4. The first kappa shape index (κ1) is 11.2. The van der Waals surface area contributed by atoms with Gasteiger partial charge in [0.15, 0.2) is 0 Å². The van der Waals surface area contributed by atoms with E-state index in [9.17, 15) is 4.79 Å². The number of hydrogen-bond donors (Lipinski definition) is 1. The lowest BCUT2D eigenvalue weighted by Gasteiger charge is -2.32. The highest BCUT2D eigenvalue weighted by atomic mass is 16.5. The number of hydrogen-bond acceptors (Lipinski definition) is 3. The van der Waals surface area contributed by atoms with Crippen LogP contribution in [0.2, 0.25) is 0 Å². The number of rotatable bonds is 3. The van der Waals surface area contributed by atoms with Crippen LogP contribution in [0.25, 0.3) is 0 Å². The predicted octanol–water partition coefficient (Wildman–Crippen LogP) is 2.01. The van der Waals surface area contributed by atoms with E-state index in [1.807, 2.05) is 6.92 Å². The monoisotopic (exact) mass is 221 g/mol. The average molecular weight is 221 g/mol. The van der Waals surface area contributed by atoms with Gasteiger partial charge in [0.1, 0.15) is 0 Å². The molecule has 0 bridgehead atoms. The van der Waals surface area contributed by atoms with Crippen LogP contribution in [0.5, 0.6) is 0 Å². The molecule has 0 aromatic rings.